The van der Waals surface area contributed by atoms with Crippen LogP contribution in [0.15, 0.2) is 42.5 Å². The van der Waals surface area contributed by atoms with Crippen LogP contribution in [-0.2, 0) is 10.2 Å². The van der Waals surface area contributed by atoms with Crippen LogP contribution in [0.3, 0.4) is 0 Å². The van der Waals surface area contributed by atoms with Gasteiger partial charge in [-0.3, -0.25) is 4.79 Å². The number of hydrogen-bond donors (Lipinski definition) is 1. The van der Waals surface area contributed by atoms with Gasteiger partial charge in [0.15, 0.2) is 17.6 Å². The molecular weight excluding hydrogens is 330 g/mol. The largest absolute Gasteiger partial charge is 0.486 e. The average molecular weight is 355 g/mol. The van der Waals surface area contributed by atoms with Gasteiger partial charge in [-0.05, 0) is 42.2 Å². The molecule has 0 aliphatic carbocycles. The van der Waals surface area contributed by atoms with E-state index in [1.807, 2.05) is 24.3 Å². The molecule has 138 valence electrons. The number of amides is 1. The first-order chi connectivity index (χ1) is 12.3. The van der Waals surface area contributed by atoms with Gasteiger partial charge in [0.25, 0.3) is 5.91 Å². The van der Waals surface area contributed by atoms with Crippen molar-refractivity contribution in [1.29, 1.82) is 0 Å². The van der Waals surface area contributed by atoms with E-state index in [0.29, 0.717) is 36.1 Å². The third-order valence-electron chi connectivity index (χ3n) is 4.21. The van der Waals surface area contributed by atoms with E-state index in [9.17, 15) is 4.79 Å². The molecule has 0 aromatic heterocycles. The third-order valence-corrected chi connectivity index (χ3v) is 4.21. The molecule has 1 aliphatic heterocycles. The number of hydrogen-bond acceptors (Lipinski definition) is 4. The maximum atomic E-state index is 12.4. The average Bonchev–Trinajstić information content (AvgIpc) is 2.61. The maximum absolute atomic E-state index is 12.4. The third kappa shape index (κ3) is 4.28. The van der Waals surface area contributed by atoms with Crippen molar-refractivity contribution in [3.63, 3.8) is 0 Å². The zero-order chi connectivity index (χ0) is 18.7. The summed E-state index contributed by atoms with van der Waals surface area (Å²) in [5.41, 5.74) is 1.95. The van der Waals surface area contributed by atoms with Gasteiger partial charge in [-0.1, -0.05) is 32.9 Å². The van der Waals surface area contributed by atoms with Crippen LogP contribution in [0, 0.1) is 0 Å². The predicted octanol–water partition coefficient (Wildman–Crippen LogP) is 4.16. The second kappa shape index (κ2) is 7.28. The highest BCUT2D eigenvalue weighted by atomic mass is 16.6. The Kier molecular flexibility index (Phi) is 5.07. The van der Waals surface area contributed by atoms with E-state index in [1.54, 1.807) is 25.1 Å². The van der Waals surface area contributed by atoms with E-state index in [4.69, 9.17) is 14.2 Å². The van der Waals surface area contributed by atoms with E-state index < -0.39 is 6.10 Å². The fourth-order valence-electron chi connectivity index (χ4n) is 2.66. The summed E-state index contributed by atoms with van der Waals surface area (Å²) in [5.74, 6) is 1.78. The molecule has 1 heterocycles. The van der Waals surface area contributed by atoms with Crippen LogP contribution in [0.25, 0.3) is 0 Å². The molecule has 2 aromatic rings. The highest BCUT2D eigenvalue weighted by Gasteiger charge is 2.18. The maximum Gasteiger partial charge on any atom is 0.265 e. The van der Waals surface area contributed by atoms with Gasteiger partial charge in [-0.2, -0.15) is 0 Å². The molecule has 0 fully saturated rings. The zero-order valence-electron chi connectivity index (χ0n) is 15.7. The fourth-order valence-corrected chi connectivity index (χ4v) is 2.66. The summed E-state index contributed by atoms with van der Waals surface area (Å²) in [7, 11) is 0. The van der Waals surface area contributed by atoms with Gasteiger partial charge in [0.05, 0.1) is 0 Å². The number of nitrogens with one attached hydrogen (secondary N) is 1. The molecule has 0 saturated heterocycles. The first kappa shape index (κ1) is 18.1. The first-order valence-electron chi connectivity index (χ1n) is 8.80. The minimum absolute atomic E-state index is 0.0831. The molecule has 1 amide bonds. The van der Waals surface area contributed by atoms with E-state index in [2.05, 4.69) is 26.1 Å². The van der Waals surface area contributed by atoms with Gasteiger partial charge < -0.3 is 19.5 Å². The Balaban J connectivity index is 1.61. The van der Waals surface area contributed by atoms with Gasteiger partial charge in [0.2, 0.25) is 0 Å². The van der Waals surface area contributed by atoms with E-state index in [0.717, 1.165) is 0 Å². The van der Waals surface area contributed by atoms with Crippen LogP contribution >= 0.6 is 0 Å². The minimum Gasteiger partial charge on any atom is -0.486 e. The summed E-state index contributed by atoms with van der Waals surface area (Å²) in [5, 5.41) is 2.85. The first-order valence-corrected chi connectivity index (χ1v) is 8.80. The Bertz CT molecular complexity index is 778. The Morgan fingerprint density at radius 2 is 1.69 bits per heavy atom. The summed E-state index contributed by atoms with van der Waals surface area (Å²) < 4.78 is 16.8. The summed E-state index contributed by atoms with van der Waals surface area (Å²) in [4.78, 5) is 12.4. The molecule has 2 aromatic carbocycles. The molecule has 3 rings (SSSR count). The monoisotopic (exact) mass is 355 g/mol. The molecule has 0 unspecified atom stereocenters. The highest BCUT2D eigenvalue weighted by molar-refractivity contribution is 5.94. The molecular formula is C21H25NO4. The van der Waals surface area contributed by atoms with Crippen LogP contribution in [0.2, 0.25) is 0 Å². The fraction of sp³-hybridized carbons (Fsp3) is 0.381. The smallest absolute Gasteiger partial charge is 0.265 e. The van der Waals surface area contributed by atoms with Crippen molar-refractivity contribution in [2.24, 2.45) is 0 Å². The van der Waals surface area contributed by atoms with Crippen LogP contribution in [0.4, 0.5) is 5.69 Å². The second-order valence-electron chi connectivity index (χ2n) is 7.38. The molecule has 1 aliphatic rings. The Labute approximate surface area is 154 Å². The van der Waals surface area contributed by atoms with E-state index in [1.165, 1.54) is 5.56 Å². The van der Waals surface area contributed by atoms with Crippen molar-refractivity contribution in [2.75, 3.05) is 18.5 Å². The number of ether oxygens (including phenoxy) is 3. The van der Waals surface area contributed by atoms with E-state index in [-0.39, 0.29) is 11.3 Å². The summed E-state index contributed by atoms with van der Waals surface area (Å²) in [6.07, 6.45) is -0.622. The molecule has 0 spiro atoms. The van der Waals surface area contributed by atoms with Crippen molar-refractivity contribution in [1.82, 2.24) is 0 Å². The predicted molar refractivity (Wildman–Crippen MR) is 101 cm³/mol. The number of rotatable bonds is 4. The van der Waals surface area contributed by atoms with Gasteiger partial charge in [-0.15, -0.1) is 0 Å². The molecule has 5 heteroatoms. The van der Waals surface area contributed by atoms with Gasteiger partial charge >= 0.3 is 0 Å². The highest BCUT2D eigenvalue weighted by Crippen LogP contribution is 2.32. The standard InChI is InChI=1S/C21H25NO4/c1-14(26-17-8-5-15(6-9-17)21(2,3)4)20(23)22-16-7-10-18-19(13-16)25-12-11-24-18/h5-10,13-14H,11-12H2,1-4H3,(H,22,23)/t14-/m1/s1. The SMILES string of the molecule is C[C@@H](Oc1ccc(C(C)(C)C)cc1)C(=O)Nc1ccc2c(c1)OCCO2. The van der Waals surface area contributed by atoms with Crippen molar-refractivity contribution >= 4 is 11.6 Å². The molecule has 5 nitrogen and oxygen atoms in total. The van der Waals surface area contributed by atoms with Crippen LogP contribution in [0.5, 0.6) is 17.2 Å². The van der Waals surface area contributed by atoms with Crippen molar-refractivity contribution in [3.8, 4) is 17.2 Å². The molecule has 1 atom stereocenters. The van der Waals surface area contributed by atoms with Crippen molar-refractivity contribution in [2.45, 2.75) is 39.2 Å². The van der Waals surface area contributed by atoms with Gasteiger partial charge in [0, 0.05) is 11.8 Å². The van der Waals surface area contributed by atoms with Gasteiger partial charge in [0.1, 0.15) is 19.0 Å². The topological polar surface area (TPSA) is 56.8 Å². The number of carbonyl (C=O) groups excluding carboxylic acids is 1. The molecule has 0 radical (unpaired) electrons. The van der Waals surface area contributed by atoms with E-state index >= 15 is 0 Å². The Morgan fingerprint density at radius 1 is 1.04 bits per heavy atom. The Morgan fingerprint density at radius 3 is 2.35 bits per heavy atom. The molecule has 26 heavy (non-hydrogen) atoms. The molecule has 0 bridgehead atoms. The van der Waals surface area contributed by atoms with Crippen molar-refractivity contribution < 1.29 is 19.0 Å². The van der Waals surface area contributed by atoms with Crippen molar-refractivity contribution in [3.05, 3.63) is 48.0 Å². The molecule has 1 N–H and O–H groups in total. The Hall–Kier alpha value is -2.69. The lowest BCUT2D eigenvalue weighted by atomic mass is 9.87. The number of carbonyl (C=O) groups is 1. The number of fused-ring (bicyclic) bond motifs is 1. The summed E-state index contributed by atoms with van der Waals surface area (Å²) >= 11 is 0. The summed E-state index contributed by atoms with van der Waals surface area (Å²) in [6.45, 7) is 9.25. The van der Waals surface area contributed by atoms with Crippen LogP contribution in [-0.4, -0.2) is 25.2 Å². The quantitative estimate of drug-likeness (QED) is 0.895. The van der Waals surface area contributed by atoms with Crippen LogP contribution < -0.4 is 19.5 Å². The zero-order valence-corrected chi connectivity index (χ0v) is 15.7. The lowest BCUT2D eigenvalue weighted by molar-refractivity contribution is -0.122. The number of anilines is 1. The van der Waals surface area contributed by atoms with Crippen LogP contribution in [0.1, 0.15) is 33.3 Å². The lowest BCUT2D eigenvalue weighted by Gasteiger charge is -2.21. The summed E-state index contributed by atoms with van der Waals surface area (Å²) in [6, 6.07) is 13.2. The normalized spacial score (nSPS) is 14.5. The minimum atomic E-state index is -0.622. The molecule has 0 saturated carbocycles. The lowest BCUT2D eigenvalue weighted by Crippen LogP contribution is -2.30. The number of benzene rings is 2. The van der Waals surface area contributed by atoms with Gasteiger partial charge in [-0.25, -0.2) is 0 Å². The second-order valence-corrected chi connectivity index (χ2v) is 7.38.